The SMILES string of the molecule is O=C1CCCCCC1CC(O)CO. The van der Waals surface area contributed by atoms with Crippen LogP contribution in [0.5, 0.6) is 0 Å². The van der Waals surface area contributed by atoms with Crippen molar-refractivity contribution < 1.29 is 15.0 Å². The van der Waals surface area contributed by atoms with Crippen molar-refractivity contribution >= 4 is 5.78 Å². The minimum atomic E-state index is -0.716. The van der Waals surface area contributed by atoms with Gasteiger partial charge in [0.05, 0.1) is 12.7 Å². The summed E-state index contributed by atoms with van der Waals surface area (Å²) in [5.74, 6) is 0.259. The van der Waals surface area contributed by atoms with E-state index in [0.29, 0.717) is 12.8 Å². The van der Waals surface area contributed by atoms with Gasteiger partial charge in [-0.1, -0.05) is 12.8 Å². The van der Waals surface area contributed by atoms with Gasteiger partial charge in [0.1, 0.15) is 5.78 Å². The fourth-order valence-corrected chi connectivity index (χ4v) is 1.88. The van der Waals surface area contributed by atoms with E-state index in [-0.39, 0.29) is 18.3 Å². The Balaban J connectivity index is 2.40. The Labute approximate surface area is 78.8 Å². The molecule has 1 aliphatic rings. The molecule has 0 aromatic heterocycles. The van der Waals surface area contributed by atoms with E-state index in [2.05, 4.69) is 0 Å². The van der Waals surface area contributed by atoms with Crippen LogP contribution in [0.15, 0.2) is 0 Å². The van der Waals surface area contributed by atoms with Crippen molar-refractivity contribution in [3.8, 4) is 0 Å². The molecule has 0 radical (unpaired) electrons. The molecular formula is C10H18O3. The summed E-state index contributed by atoms with van der Waals surface area (Å²) < 4.78 is 0. The van der Waals surface area contributed by atoms with Crippen molar-refractivity contribution in [1.29, 1.82) is 0 Å². The van der Waals surface area contributed by atoms with E-state index >= 15 is 0 Å². The molecule has 2 atom stereocenters. The van der Waals surface area contributed by atoms with Crippen LogP contribution in [-0.2, 0) is 4.79 Å². The summed E-state index contributed by atoms with van der Waals surface area (Å²) in [6, 6.07) is 0. The lowest BCUT2D eigenvalue weighted by Crippen LogP contribution is -2.22. The third-order valence-electron chi connectivity index (χ3n) is 2.70. The summed E-state index contributed by atoms with van der Waals surface area (Å²) in [4.78, 5) is 11.5. The van der Waals surface area contributed by atoms with E-state index < -0.39 is 6.10 Å². The van der Waals surface area contributed by atoms with Gasteiger partial charge in [0.15, 0.2) is 0 Å². The summed E-state index contributed by atoms with van der Waals surface area (Å²) in [6.45, 7) is -0.232. The molecule has 13 heavy (non-hydrogen) atoms. The second-order valence-corrected chi connectivity index (χ2v) is 3.83. The summed E-state index contributed by atoms with van der Waals surface area (Å²) in [6.07, 6.45) is 4.46. The van der Waals surface area contributed by atoms with Crippen LogP contribution < -0.4 is 0 Å². The van der Waals surface area contributed by atoms with Crippen LogP contribution in [0.1, 0.15) is 38.5 Å². The van der Waals surface area contributed by atoms with Gasteiger partial charge in [0.25, 0.3) is 0 Å². The van der Waals surface area contributed by atoms with Gasteiger partial charge in [-0.25, -0.2) is 0 Å². The van der Waals surface area contributed by atoms with Gasteiger partial charge in [-0.05, 0) is 19.3 Å². The molecular weight excluding hydrogens is 168 g/mol. The fourth-order valence-electron chi connectivity index (χ4n) is 1.88. The zero-order valence-electron chi connectivity index (χ0n) is 7.91. The Bertz CT molecular complexity index is 168. The number of aliphatic hydroxyl groups excluding tert-OH is 2. The van der Waals surface area contributed by atoms with Gasteiger partial charge in [-0.2, -0.15) is 0 Å². The summed E-state index contributed by atoms with van der Waals surface area (Å²) in [5.41, 5.74) is 0. The average Bonchev–Trinajstić information content (AvgIpc) is 2.32. The molecule has 0 spiro atoms. The van der Waals surface area contributed by atoms with Crippen LogP contribution in [0.25, 0.3) is 0 Å². The predicted molar refractivity (Wildman–Crippen MR) is 49.3 cm³/mol. The average molecular weight is 186 g/mol. The second-order valence-electron chi connectivity index (χ2n) is 3.83. The molecule has 0 amide bonds. The minimum Gasteiger partial charge on any atom is -0.394 e. The quantitative estimate of drug-likeness (QED) is 0.643. The first kappa shape index (κ1) is 10.7. The molecule has 3 nitrogen and oxygen atoms in total. The molecule has 0 aromatic rings. The number of carbonyl (C=O) groups is 1. The van der Waals surface area contributed by atoms with Crippen molar-refractivity contribution in [2.24, 2.45) is 5.92 Å². The number of rotatable bonds is 3. The first-order valence-corrected chi connectivity index (χ1v) is 5.05. The number of Topliss-reactive ketones (excluding diaryl/α,β-unsaturated/α-hetero) is 1. The van der Waals surface area contributed by atoms with Gasteiger partial charge >= 0.3 is 0 Å². The lowest BCUT2D eigenvalue weighted by atomic mass is 9.93. The molecule has 0 aromatic carbocycles. The van der Waals surface area contributed by atoms with Crippen LogP contribution in [0.3, 0.4) is 0 Å². The van der Waals surface area contributed by atoms with Gasteiger partial charge in [0, 0.05) is 12.3 Å². The van der Waals surface area contributed by atoms with Gasteiger partial charge in [-0.3, -0.25) is 4.79 Å². The Morgan fingerprint density at radius 3 is 2.85 bits per heavy atom. The van der Waals surface area contributed by atoms with E-state index in [0.717, 1.165) is 25.7 Å². The largest absolute Gasteiger partial charge is 0.394 e. The summed E-state index contributed by atoms with van der Waals surface area (Å²) in [5, 5.41) is 17.9. The third-order valence-corrected chi connectivity index (χ3v) is 2.70. The monoisotopic (exact) mass is 186 g/mol. The molecule has 0 bridgehead atoms. The van der Waals surface area contributed by atoms with Crippen molar-refractivity contribution in [3.05, 3.63) is 0 Å². The van der Waals surface area contributed by atoms with Crippen LogP contribution in [0, 0.1) is 5.92 Å². The lowest BCUT2D eigenvalue weighted by Gasteiger charge is -2.15. The zero-order valence-corrected chi connectivity index (χ0v) is 7.91. The minimum absolute atomic E-state index is 0.00958. The van der Waals surface area contributed by atoms with Crippen molar-refractivity contribution in [2.45, 2.75) is 44.6 Å². The van der Waals surface area contributed by atoms with E-state index in [1.807, 2.05) is 0 Å². The summed E-state index contributed by atoms with van der Waals surface area (Å²) in [7, 11) is 0. The van der Waals surface area contributed by atoms with E-state index in [1.54, 1.807) is 0 Å². The predicted octanol–water partition coefficient (Wildman–Crippen LogP) is 0.879. The topological polar surface area (TPSA) is 57.5 Å². The summed E-state index contributed by atoms with van der Waals surface area (Å²) >= 11 is 0. The molecule has 0 aliphatic heterocycles. The normalized spacial score (nSPS) is 26.9. The highest BCUT2D eigenvalue weighted by molar-refractivity contribution is 5.81. The van der Waals surface area contributed by atoms with Crippen molar-refractivity contribution in [2.75, 3.05) is 6.61 Å². The number of ketones is 1. The van der Waals surface area contributed by atoms with Crippen LogP contribution in [0.4, 0.5) is 0 Å². The Morgan fingerprint density at radius 1 is 1.38 bits per heavy atom. The van der Waals surface area contributed by atoms with E-state index in [4.69, 9.17) is 5.11 Å². The van der Waals surface area contributed by atoms with Gasteiger partial charge in [0.2, 0.25) is 0 Å². The maximum absolute atomic E-state index is 11.5. The fraction of sp³-hybridized carbons (Fsp3) is 0.900. The molecule has 76 valence electrons. The maximum Gasteiger partial charge on any atom is 0.136 e. The number of aliphatic hydroxyl groups is 2. The molecule has 0 saturated heterocycles. The van der Waals surface area contributed by atoms with Gasteiger partial charge < -0.3 is 10.2 Å². The van der Waals surface area contributed by atoms with Crippen molar-refractivity contribution in [3.63, 3.8) is 0 Å². The first-order valence-electron chi connectivity index (χ1n) is 5.05. The third kappa shape index (κ3) is 3.44. The van der Waals surface area contributed by atoms with Crippen LogP contribution in [0.2, 0.25) is 0 Å². The number of hydrogen-bond donors (Lipinski definition) is 2. The molecule has 1 saturated carbocycles. The van der Waals surface area contributed by atoms with Crippen LogP contribution in [-0.4, -0.2) is 28.7 Å². The maximum atomic E-state index is 11.5. The standard InChI is InChI=1S/C10H18O3/c11-7-9(12)6-8-4-2-1-3-5-10(8)13/h8-9,11-12H,1-7H2. The second kappa shape index (κ2) is 5.35. The molecule has 1 fully saturated rings. The molecule has 1 aliphatic carbocycles. The Morgan fingerprint density at radius 2 is 2.15 bits per heavy atom. The molecule has 3 heteroatoms. The van der Waals surface area contributed by atoms with Crippen LogP contribution >= 0.6 is 0 Å². The number of carbonyl (C=O) groups excluding carboxylic acids is 1. The highest BCUT2D eigenvalue weighted by atomic mass is 16.3. The zero-order chi connectivity index (χ0) is 9.68. The van der Waals surface area contributed by atoms with E-state index in [1.165, 1.54) is 0 Å². The highest BCUT2D eigenvalue weighted by Crippen LogP contribution is 2.23. The Hall–Kier alpha value is -0.410. The Kier molecular flexibility index (Phi) is 4.39. The van der Waals surface area contributed by atoms with E-state index in [9.17, 15) is 9.90 Å². The van der Waals surface area contributed by atoms with Gasteiger partial charge in [-0.15, -0.1) is 0 Å². The first-order chi connectivity index (χ1) is 6.24. The molecule has 1 rings (SSSR count). The lowest BCUT2D eigenvalue weighted by molar-refractivity contribution is -0.123. The highest BCUT2D eigenvalue weighted by Gasteiger charge is 2.22. The molecule has 2 N–H and O–H groups in total. The number of hydrogen-bond acceptors (Lipinski definition) is 3. The molecule has 0 heterocycles. The van der Waals surface area contributed by atoms with Crippen molar-refractivity contribution in [1.82, 2.24) is 0 Å². The smallest absolute Gasteiger partial charge is 0.136 e. The molecule has 2 unspecified atom stereocenters.